The maximum atomic E-state index is 12.9. The quantitative estimate of drug-likeness (QED) is 0.398. The number of ether oxygens (including phenoxy) is 2. The molecule has 2 aromatic carbocycles. The number of phenols is 1. The summed E-state index contributed by atoms with van der Waals surface area (Å²) in [7, 11) is -3.70. The number of amides is 1. The Morgan fingerprint density at radius 2 is 1.85 bits per heavy atom. The largest absolute Gasteiger partial charge is 0.507 e. The SMILES string of the molecule is Cc1cc(NC(=O)C(=O)OC(C)C)cc(Cl)c1Oc1ccc(O)c(S(=O)(=O)CC2CCCC2)c1. The van der Waals surface area contributed by atoms with Crippen LogP contribution in [-0.4, -0.2) is 37.3 Å². The molecule has 2 aromatic rings. The van der Waals surface area contributed by atoms with Gasteiger partial charge in [-0.15, -0.1) is 0 Å². The summed E-state index contributed by atoms with van der Waals surface area (Å²) in [5.41, 5.74) is 0.801. The van der Waals surface area contributed by atoms with Gasteiger partial charge in [0, 0.05) is 11.8 Å². The van der Waals surface area contributed by atoms with Gasteiger partial charge in [0.1, 0.15) is 22.1 Å². The fraction of sp³-hybridized carbons (Fsp3) is 0.417. The average molecular weight is 510 g/mol. The molecular formula is C24H28ClNO7S. The molecule has 0 atom stereocenters. The third kappa shape index (κ3) is 6.42. The van der Waals surface area contributed by atoms with Crippen LogP contribution in [0.5, 0.6) is 17.2 Å². The van der Waals surface area contributed by atoms with Gasteiger partial charge in [0.15, 0.2) is 9.84 Å². The smallest absolute Gasteiger partial charge is 0.397 e. The Morgan fingerprint density at radius 3 is 2.47 bits per heavy atom. The van der Waals surface area contributed by atoms with Crippen LogP contribution in [0.3, 0.4) is 0 Å². The Balaban J connectivity index is 1.79. The van der Waals surface area contributed by atoms with E-state index in [4.69, 9.17) is 21.1 Å². The summed E-state index contributed by atoms with van der Waals surface area (Å²) in [6.07, 6.45) is 3.33. The summed E-state index contributed by atoms with van der Waals surface area (Å²) in [6, 6.07) is 6.96. The molecule has 10 heteroatoms. The highest BCUT2D eigenvalue weighted by Crippen LogP contribution is 2.38. The Kier molecular flexibility index (Phi) is 8.09. The van der Waals surface area contributed by atoms with E-state index in [1.807, 2.05) is 0 Å². The lowest BCUT2D eigenvalue weighted by Gasteiger charge is -2.15. The number of carbonyl (C=O) groups excluding carboxylic acids is 2. The van der Waals surface area contributed by atoms with Gasteiger partial charge in [0.05, 0.1) is 16.9 Å². The molecule has 184 valence electrons. The van der Waals surface area contributed by atoms with Crippen LogP contribution in [0.2, 0.25) is 5.02 Å². The Hall–Kier alpha value is -2.78. The number of aromatic hydroxyl groups is 1. The minimum absolute atomic E-state index is 0.0164. The van der Waals surface area contributed by atoms with E-state index in [1.54, 1.807) is 26.8 Å². The molecule has 0 spiro atoms. The maximum Gasteiger partial charge on any atom is 0.397 e. The molecule has 1 saturated carbocycles. The summed E-state index contributed by atoms with van der Waals surface area (Å²) >= 11 is 6.35. The molecule has 0 saturated heterocycles. The van der Waals surface area contributed by atoms with Crippen LogP contribution in [0.15, 0.2) is 35.2 Å². The molecule has 8 nitrogen and oxygen atoms in total. The van der Waals surface area contributed by atoms with Crippen LogP contribution >= 0.6 is 11.6 Å². The third-order valence-electron chi connectivity index (χ3n) is 5.43. The van der Waals surface area contributed by atoms with Gasteiger partial charge in [0.2, 0.25) is 0 Å². The number of hydrogen-bond donors (Lipinski definition) is 2. The second kappa shape index (κ2) is 10.7. The van der Waals surface area contributed by atoms with E-state index >= 15 is 0 Å². The number of nitrogens with one attached hydrogen (secondary N) is 1. The standard InChI is InChI=1S/C24H28ClNO7S/c1-14(2)32-24(29)23(28)26-17-10-15(3)22(19(25)11-17)33-18-8-9-20(27)21(12-18)34(30,31)13-16-6-4-5-7-16/h8-12,14,16,27H,4-7,13H2,1-3H3,(H,26,28). The first-order valence-corrected chi connectivity index (χ1v) is 13.0. The second-order valence-electron chi connectivity index (χ2n) is 8.68. The lowest BCUT2D eigenvalue weighted by molar-refractivity contribution is -0.155. The molecule has 0 radical (unpaired) electrons. The van der Waals surface area contributed by atoms with Gasteiger partial charge in [-0.05, 0) is 69.4 Å². The highest BCUT2D eigenvalue weighted by atomic mass is 35.5. The first-order valence-electron chi connectivity index (χ1n) is 11.0. The molecular weight excluding hydrogens is 482 g/mol. The van der Waals surface area contributed by atoms with Crippen molar-refractivity contribution in [3.8, 4) is 17.2 Å². The maximum absolute atomic E-state index is 12.9. The van der Waals surface area contributed by atoms with Gasteiger partial charge in [-0.2, -0.15) is 0 Å². The molecule has 1 amide bonds. The van der Waals surface area contributed by atoms with Crippen LogP contribution < -0.4 is 10.1 Å². The zero-order valence-corrected chi connectivity index (χ0v) is 20.8. The number of aryl methyl sites for hydroxylation is 1. The molecule has 2 N–H and O–H groups in total. The number of hydrogen-bond acceptors (Lipinski definition) is 7. The average Bonchev–Trinajstić information content (AvgIpc) is 3.23. The van der Waals surface area contributed by atoms with E-state index in [9.17, 15) is 23.1 Å². The van der Waals surface area contributed by atoms with Crippen LogP contribution in [-0.2, 0) is 24.2 Å². The zero-order valence-electron chi connectivity index (χ0n) is 19.3. The predicted octanol–water partition coefficient (Wildman–Crippen LogP) is 5.00. The fourth-order valence-electron chi connectivity index (χ4n) is 3.88. The van der Waals surface area contributed by atoms with Crippen molar-refractivity contribution in [2.75, 3.05) is 11.1 Å². The van der Waals surface area contributed by atoms with Crippen LogP contribution in [0.25, 0.3) is 0 Å². The van der Waals surface area contributed by atoms with Crippen molar-refractivity contribution in [2.24, 2.45) is 5.92 Å². The minimum Gasteiger partial charge on any atom is -0.507 e. The summed E-state index contributed by atoms with van der Waals surface area (Å²) in [6.45, 7) is 4.95. The van der Waals surface area contributed by atoms with Crippen molar-refractivity contribution in [3.63, 3.8) is 0 Å². The number of benzene rings is 2. The van der Waals surface area contributed by atoms with E-state index in [1.165, 1.54) is 24.3 Å². The van der Waals surface area contributed by atoms with Crippen molar-refractivity contribution >= 4 is 39.0 Å². The topological polar surface area (TPSA) is 119 Å². The lowest BCUT2D eigenvalue weighted by atomic mass is 10.1. The number of phenolic OH excluding ortho intramolecular Hbond substituents is 1. The Morgan fingerprint density at radius 1 is 1.18 bits per heavy atom. The predicted molar refractivity (Wildman–Crippen MR) is 128 cm³/mol. The van der Waals surface area contributed by atoms with E-state index in [0.717, 1.165) is 25.7 Å². The number of carbonyl (C=O) groups is 2. The normalized spacial score (nSPS) is 14.3. The van der Waals surface area contributed by atoms with Gasteiger partial charge in [-0.25, -0.2) is 13.2 Å². The molecule has 3 rings (SSSR count). The van der Waals surface area contributed by atoms with E-state index in [0.29, 0.717) is 5.56 Å². The van der Waals surface area contributed by atoms with Gasteiger partial charge in [-0.3, -0.25) is 4.79 Å². The second-order valence-corrected chi connectivity index (χ2v) is 11.1. The molecule has 0 unspecified atom stereocenters. The Bertz CT molecular complexity index is 1160. The zero-order chi connectivity index (χ0) is 25.0. The first-order chi connectivity index (χ1) is 16.0. The van der Waals surface area contributed by atoms with Crippen LogP contribution in [0.1, 0.15) is 45.1 Å². The summed E-state index contributed by atoms with van der Waals surface area (Å²) < 4.78 is 36.5. The van der Waals surface area contributed by atoms with Gasteiger partial charge in [-0.1, -0.05) is 24.4 Å². The molecule has 0 aliphatic heterocycles. The molecule has 34 heavy (non-hydrogen) atoms. The fourth-order valence-corrected chi connectivity index (χ4v) is 6.01. The number of anilines is 1. The molecule has 0 aromatic heterocycles. The lowest BCUT2D eigenvalue weighted by Crippen LogP contribution is -2.27. The molecule has 0 heterocycles. The van der Waals surface area contributed by atoms with Crippen molar-refractivity contribution < 1.29 is 32.6 Å². The molecule has 1 aliphatic rings. The molecule has 1 aliphatic carbocycles. The monoisotopic (exact) mass is 509 g/mol. The van der Waals surface area contributed by atoms with Gasteiger partial charge < -0.3 is 19.9 Å². The van der Waals surface area contributed by atoms with Crippen LogP contribution in [0.4, 0.5) is 5.69 Å². The highest BCUT2D eigenvalue weighted by Gasteiger charge is 2.27. The van der Waals surface area contributed by atoms with Crippen molar-refractivity contribution in [2.45, 2.75) is 57.5 Å². The number of rotatable bonds is 7. The van der Waals surface area contributed by atoms with E-state index in [2.05, 4.69) is 5.32 Å². The highest BCUT2D eigenvalue weighted by molar-refractivity contribution is 7.91. The molecule has 0 bridgehead atoms. The van der Waals surface area contributed by atoms with Crippen molar-refractivity contribution in [1.82, 2.24) is 0 Å². The van der Waals surface area contributed by atoms with Gasteiger partial charge in [0.25, 0.3) is 0 Å². The van der Waals surface area contributed by atoms with Crippen molar-refractivity contribution in [3.05, 3.63) is 40.9 Å². The number of sulfone groups is 1. The Labute approximate surface area is 204 Å². The number of esters is 1. The first kappa shape index (κ1) is 25.8. The van der Waals surface area contributed by atoms with Gasteiger partial charge >= 0.3 is 11.9 Å². The summed E-state index contributed by atoms with van der Waals surface area (Å²) in [5.74, 6) is -1.78. The summed E-state index contributed by atoms with van der Waals surface area (Å²) in [5, 5.41) is 12.8. The van der Waals surface area contributed by atoms with E-state index < -0.39 is 27.8 Å². The van der Waals surface area contributed by atoms with E-state index in [-0.39, 0.29) is 44.5 Å². The number of halogens is 1. The third-order valence-corrected chi connectivity index (χ3v) is 7.62. The van der Waals surface area contributed by atoms with Crippen LogP contribution in [0, 0.1) is 12.8 Å². The molecule has 1 fully saturated rings. The summed E-state index contributed by atoms with van der Waals surface area (Å²) in [4.78, 5) is 23.5. The van der Waals surface area contributed by atoms with Crippen molar-refractivity contribution in [1.29, 1.82) is 0 Å². The minimum atomic E-state index is -3.70.